The predicted octanol–water partition coefficient (Wildman–Crippen LogP) is 4.62. The van der Waals surface area contributed by atoms with E-state index in [0.29, 0.717) is 0 Å². The molecule has 0 N–H and O–H groups in total. The molecule has 4 aliphatic heterocycles. The van der Waals surface area contributed by atoms with Gasteiger partial charge in [0.15, 0.2) is 0 Å². The molecule has 4 aliphatic rings. The molecule has 0 radical (unpaired) electrons. The van der Waals surface area contributed by atoms with E-state index in [9.17, 15) is 0 Å². The second kappa shape index (κ2) is 7.84. The maximum absolute atomic E-state index is 5.00. The van der Waals surface area contributed by atoms with Crippen molar-refractivity contribution >= 4 is 33.5 Å². The van der Waals surface area contributed by atoms with Crippen LogP contribution in [-0.4, -0.2) is 66.3 Å². The van der Waals surface area contributed by atoms with Gasteiger partial charge < -0.3 is 0 Å². The average molecular weight is 446 g/mol. The molecule has 5 heteroatoms. The summed E-state index contributed by atoms with van der Waals surface area (Å²) in [7, 11) is 0. The average Bonchev–Trinajstić information content (AvgIpc) is 2.85. The minimum absolute atomic E-state index is 0.0196. The van der Waals surface area contributed by atoms with Crippen LogP contribution in [0.4, 0.5) is 0 Å². The standard InChI is InChI=1S/C29H27N5/c1-2-8-22(9-3-1)28(29-16-32-19-33(17-29)21-34(18-29)20-32)31-30-15-27-25-12-6-4-10-23(25)14-24-11-5-7-13-26(24)27/h1-15H,16-21H2/b30-15-,31-28?. The van der Waals surface area contributed by atoms with E-state index in [1.807, 2.05) is 6.21 Å². The highest BCUT2D eigenvalue weighted by Crippen LogP contribution is 2.38. The van der Waals surface area contributed by atoms with Crippen molar-refractivity contribution in [3.63, 3.8) is 0 Å². The van der Waals surface area contributed by atoms with Crippen molar-refractivity contribution in [2.24, 2.45) is 15.6 Å². The van der Waals surface area contributed by atoms with E-state index in [-0.39, 0.29) is 5.41 Å². The number of hydrogen-bond donors (Lipinski definition) is 0. The van der Waals surface area contributed by atoms with Crippen LogP contribution in [-0.2, 0) is 0 Å². The molecule has 0 atom stereocenters. The molecular formula is C29H27N5. The lowest BCUT2D eigenvalue weighted by molar-refractivity contribution is -0.149. The monoisotopic (exact) mass is 445 g/mol. The van der Waals surface area contributed by atoms with E-state index in [1.165, 1.54) is 27.1 Å². The van der Waals surface area contributed by atoms with Crippen molar-refractivity contribution in [2.45, 2.75) is 0 Å². The summed E-state index contributed by atoms with van der Waals surface area (Å²) in [6.07, 6.45) is 1.97. The molecule has 4 fully saturated rings. The van der Waals surface area contributed by atoms with Gasteiger partial charge in [-0.3, -0.25) is 14.7 Å². The Hall–Kier alpha value is -3.38. The molecular weight excluding hydrogens is 418 g/mol. The van der Waals surface area contributed by atoms with Crippen molar-refractivity contribution in [2.75, 3.05) is 39.6 Å². The molecule has 4 bridgehead atoms. The van der Waals surface area contributed by atoms with E-state index < -0.39 is 0 Å². The lowest BCUT2D eigenvalue weighted by Crippen LogP contribution is -2.74. The Kier molecular flexibility index (Phi) is 4.62. The fraction of sp³-hybridized carbons (Fsp3) is 0.241. The Labute approximate surface area is 199 Å². The van der Waals surface area contributed by atoms with Gasteiger partial charge in [0.25, 0.3) is 0 Å². The Morgan fingerprint density at radius 3 is 1.79 bits per heavy atom. The normalized spacial score (nSPS) is 28.4. The maximum Gasteiger partial charge on any atom is 0.0802 e. The van der Waals surface area contributed by atoms with Crippen molar-refractivity contribution in [1.82, 2.24) is 14.7 Å². The maximum atomic E-state index is 5.00. The molecule has 0 unspecified atom stereocenters. The quantitative estimate of drug-likeness (QED) is 0.261. The van der Waals surface area contributed by atoms with E-state index in [4.69, 9.17) is 10.2 Å². The van der Waals surface area contributed by atoms with Crippen LogP contribution in [0.1, 0.15) is 11.1 Å². The highest BCUT2D eigenvalue weighted by Gasteiger charge is 2.51. The van der Waals surface area contributed by atoms with E-state index >= 15 is 0 Å². The van der Waals surface area contributed by atoms with Crippen LogP contribution in [0.15, 0.2) is 95.1 Å². The summed E-state index contributed by atoms with van der Waals surface area (Å²) in [6.45, 7) is 6.31. The zero-order valence-electron chi connectivity index (χ0n) is 19.1. The van der Waals surface area contributed by atoms with E-state index in [1.54, 1.807) is 0 Å². The first-order chi connectivity index (χ1) is 16.8. The molecule has 4 heterocycles. The van der Waals surface area contributed by atoms with Gasteiger partial charge in [-0.15, -0.1) is 0 Å². The lowest BCUT2D eigenvalue weighted by Gasteiger charge is -2.60. The largest absolute Gasteiger partial charge is 0.276 e. The summed E-state index contributed by atoms with van der Waals surface area (Å²) >= 11 is 0. The highest BCUT2D eigenvalue weighted by molar-refractivity contribution is 6.13. The third-order valence-corrected chi connectivity index (χ3v) is 7.49. The molecule has 34 heavy (non-hydrogen) atoms. The Balaban J connectivity index is 1.36. The molecule has 0 spiro atoms. The number of hydrogen-bond acceptors (Lipinski definition) is 5. The molecule has 0 saturated carbocycles. The number of nitrogens with zero attached hydrogens (tertiary/aromatic N) is 5. The van der Waals surface area contributed by atoms with Crippen LogP contribution in [0.3, 0.4) is 0 Å². The summed E-state index contributed by atoms with van der Waals surface area (Å²) in [5.74, 6) is 0. The third kappa shape index (κ3) is 3.28. The third-order valence-electron chi connectivity index (χ3n) is 7.49. The van der Waals surface area contributed by atoms with Gasteiger partial charge in [0.2, 0.25) is 0 Å². The second-order valence-corrected chi connectivity index (χ2v) is 9.98. The number of fused-ring (bicyclic) bond motifs is 2. The first-order valence-corrected chi connectivity index (χ1v) is 12.0. The lowest BCUT2D eigenvalue weighted by atomic mass is 9.74. The van der Waals surface area contributed by atoms with Gasteiger partial charge in [0.1, 0.15) is 0 Å². The van der Waals surface area contributed by atoms with Crippen LogP contribution in [0.5, 0.6) is 0 Å². The summed E-state index contributed by atoms with van der Waals surface area (Å²) < 4.78 is 0. The Morgan fingerprint density at radius 2 is 1.21 bits per heavy atom. The van der Waals surface area contributed by atoms with Crippen LogP contribution in [0.2, 0.25) is 0 Å². The molecule has 0 aliphatic carbocycles. The summed E-state index contributed by atoms with van der Waals surface area (Å²) in [5.41, 5.74) is 3.39. The fourth-order valence-electron chi connectivity index (χ4n) is 6.34. The SMILES string of the molecule is C(=N/N=C(c1ccccc1)C12CN3CN(CN(C3)C1)C2)/c1c2ccccc2cc2ccccc12. The van der Waals surface area contributed by atoms with Gasteiger partial charge in [-0.1, -0.05) is 78.9 Å². The Morgan fingerprint density at radius 1 is 0.676 bits per heavy atom. The molecule has 0 amide bonds. The number of benzene rings is 4. The topological polar surface area (TPSA) is 34.4 Å². The van der Waals surface area contributed by atoms with Crippen LogP contribution in [0.25, 0.3) is 21.5 Å². The zero-order chi connectivity index (χ0) is 22.5. The van der Waals surface area contributed by atoms with Gasteiger partial charge in [-0.05, 0) is 33.2 Å². The minimum Gasteiger partial charge on any atom is -0.276 e. The van der Waals surface area contributed by atoms with Gasteiger partial charge >= 0.3 is 0 Å². The first-order valence-electron chi connectivity index (χ1n) is 12.0. The zero-order valence-corrected chi connectivity index (χ0v) is 19.1. The van der Waals surface area contributed by atoms with E-state index in [0.717, 1.165) is 50.9 Å². The van der Waals surface area contributed by atoms with Crippen molar-refractivity contribution in [3.05, 3.63) is 96.1 Å². The Bertz CT molecular complexity index is 1350. The van der Waals surface area contributed by atoms with E-state index in [2.05, 4.69) is 99.6 Å². The highest BCUT2D eigenvalue weighted by atomic mass is 15.5. The van der Waals surface area contributed by atoms with Crippen LogP contribution >= 0.6 is 0 Å². The van der Waals surface area contributed by atoms with Crippen molar-refractivity contribution < 1.29 is 0 Å². The van der Waals surface area contributed by atoms with Gasteiger partial charge in [-0.2, -0.15) is 10.2 Å². The molecule has 4 aromatic rings. The van der Waals surface area contributed by atoms with Gasteiger partial charge in [-0.25, -0.2) is 0 Å². The molecule has 168 valence electrons. The molecule has 8 rings (SSSR count). The van der Waals surface area contributed by atoms with Gasteiger partial charge in [0.05, 0.1) is 37.3 Å². The molecule has 5 nitrogen and oxygen atoms in total. The second-order valence-electron chi connectivity index (χ2n) is 9.98. The summed E-state index contributed by atoms with van der Waals surface area (Å²) in [6, 6.07) is 30.0. The molecule has 0 aromatic heterocycles. The van der Waals surface area contributed by atoms with Crippen molar-refractivity contribution in [3.8, 4) is 0 Å². The molecule has 4 aromatic carbocycles. The minimum atomic E-state index is -0.0196. The predicted molar refractivity (Wildman–Crippen MR) is 139 cm³/mol. The summed E-state index contributed by atoms with van der Waals surface area (Å²) in [5, 5.41) is 14.7. The van der Waals surface area contributed by atoms with Crippen molar-refractivity contribution in [1.29, 1.82) is 0 Å². The van der Waals surface area contributed by atoms with Gasteiger partial charge in [0, 0.05) is 25.2 Å². The smallest absolute Gasteiger partial charge is 0.0802 e. The molecule has 4 saturated heterocycles. The number of rotatable bonds is 4. The van der Waals surface area contributed by atoms with Crippen LogP contribution < -0.4 is 0 Å². The first kappa shape index (κ1) is 20.0. The van der Waals surface area contributed by atoms with Crippen LogP contribution in [0, 0.1) is 5.41 Å². The fourth-order valence-corrected chi connectivity index (χ4v) is 6.34. The summed E-state index contributed by atoms with van der Waals surface area (Å²) in [4.78, 5) is 7.62.